The number of carbonyl (C=O) groups is 1. The van der Waals surface area contributed by atoms with E-state index in [9.17, 15) is 23.9 Å². The summed E-state index contributed by atoms with van der Waals surface area (Å²) in [6.07, 6.45) is 3.72. The number of hydrogen-bond acceptors (Lipinski definition) is 4. The molecule has 2 aromatic heterocycles. The van der Waals surface area contributed by atoms with Crippen molar-refractivity contribution in [3.63, 3.8) is 0 Å². The molecule has 9 heteroatoms. The standard InChI is InChI=1S/C32H29F2N3O4/c1-16-19(6-4-8-25(16)37-27(38)15-26-23(33)7-5-11-36(26)31(37)40)29-24(34)14-22(30(35)39)21-13-17-12-18(32(2,3)41)9-10-20(17)28(21)29/h4-8,11,14-15,18,41H,9-10,12-13H2,1-3H3,(H2,35,39)/t18-/m0/s1. The minimum Gasteiger partial charge on any atom is -0.390 e. The van der Waals surface area contributed by atoms with Crippen LogP contribution in [-0.4, -0.2) is 25.6 Å². The van der Waals surface area contributed by atoms with E-state index in [1.807, 2.05) is 0 Å². The van der Waals surface area contributed by atoms with Gasteiger partial charge in [-0.3, -0.25) is 14.0 Å². The molecule has 4 aromatic rings. The fraction of sp³-hybridized carbons (Fsp3) is 0.281. The number of hydrogen-bond donors (Lipinski definition) is 2. The summed E-state index contributed by atoms with van der Waals surface area (Å²) in [7, 11) is 0. The number of amides is 1. The average Bonchev–Trinajstić information content (AvgIpc) is 3.28. The number of aromatic nitrogens is 2. The molecule has 7 nitrogen and oxygen atoms in total. The Morgan fingerprint density at radius 3 is 2.54 bits per heavy atom. The molecule has 0 radical (unpaired) electrons. The summed E-state index contributed by atoms with van der Waals surface area (Å²) in [5, 5.41) is 10.7. The van der Waals surface area contributed by atoms with Crippen molar-refractivity contribution >= 4 is 17.0 Å². The zero-order valence-corrected chi connectivity index (χ0v) is 22.9. The Bertz CT molecular complexity index is 1950. The highest BCUT2D eigenvalue weighted by Crippen LogP contribution is 2.51. The lowest BCUT2D eigenvalue weighted by Crippen LogP contribution is -2.36. The van der Waals surface area contributed by atoms with E-state index in [1.54, 1.807) is 39.0 Å². The van der Waals surface area contributed by atoms with Crippen LogP contribution in [-0.2, 0) is 6.42 Å². The Balaban J connectivity index is 1.59. The summed E-state index contributed by atoms with van der Waals surface area (Å²) in [6.45, 7) is 5.26. The van der Waals surface area contributed by atoms with Gasteiger partial charge in [-0.15, -0.1) is 0 Å². The van der Waals surface area contributed by atoms with Crippen LogP contribution in [0, 0.1) is 24.5 Å². The number of benzene rings is 2. The van der Waals surface area contributed by atoms with Gasteiger partial charge in [-0.1, -0.05) is 17.7 Å². The molecule has 2 aliphatic carbocycles. The maximum atomic E-state index is 16.1. The van der Waals surface area contributed by atoms with E-state index in [4.69, 9.17) is 5.73 Å². The van der Waals surface area contributed by atoms with Crippen molar-refractivity contribution in [1.82, 2.24) is 8.97 Å². The lowest BCUT2D eigenvalue weighted by atomic mass is 9.75. The van der Waals surface area contributed by atoms with Gasteiger partial charge in [-0.05, 0) is 104 Å². The number of nitrogens with zero attached hydrogens (tertiary/aromatic N) is 2. The third kappa shape index (κ3) is 4.14. The highest BCUT2D eigenvalue weighted by molar-refractivity contribution is 6.00. The Kier molecular flexibility index (Phi) is 6.11. The van der Waals surface area contributed by atoms with E-state index < -0.39 is 34.4 Å². The highest BCUT2D eigenvalue weighted by Gasteiger charge is 2.38. The lowest BCUT2D eigenvalue weighted by Gasteiger charge is -2.33. The molecule has 0 unspecified atom stereocenters. The van der Waals surface area contributed by atoms with Crippen molar-refractivity contribution in [1.29, 1.82) is 0 Å². The first kappa shape index (κ1) is 26.8. The number of carbonyl (C=O) groups excluding carboxylic acids is 1. The first-order chi connectivity index (χ1) is 19.4. The summed E-state index contributed by atoms with van der Waals surface area (Å²) in [5.74, 6) is -2.04. The molecular weight excluding hydrogens is 528 g/mol. The number of pyridine rings is 1. The first-order valence-electron chi connectivity index (χ1n) is 13.5. The molecule has 0 fully saturated rings. The van der Waals surface area contributed by atoms with E-state index in [1.165, 1.54) is 18.3 Å². The Morgan fingerprint density at radius 2 is 1.83 bits per heavy atom. The second-order valence-electron chi connectivity index (χ2n) is 11.5. The number of aliphatic hydroxyl groups is 1. The normalized spacial score (nSPS) is 16.7. The van der Waals surface area contributed by atoms with Gasteiger partial charge >= 0.3 is 5.69 Å². The molecule has 0 saturated carbocycles. The second-order valence-corrected chi connectivity index (χ2v) is 11.5. The monoisotopic (exact) mass is 557 g/mol. The average molecular weight is 558 g/mol. The summed E-state index contributed by atoms with van der Waals surface area (Å²) in [6, 6.07) is 9.69. The number of primary amides is 1. The molecule has 2 heterocycles. The van der Waals surface area contributed by atoms with Crippen LogP contribution < -0.4 is 17.0 Å². The minimum absolute atomic E-state index is 0.0172. The van der Waals surface area contributed by atoms with Crippen LogP contribution in [0.2, 0.25) is 0 Å². The second kappa shape index (κ2) is 9.34. The smallest absolute Gasteiger partial charge is 0.340 e. The fourth-order valence-electron chi connectivity index (χ4n) is 6.55. The van der Waals surface area contributed by atoms with Crippen molar-refractivity contribution in [2.45, 2.75) is 52.1 Å². The molecule has 0 bridgehead atoms. The summed E-state index contributed by atoms with van der Waals surface area (Å²) in [5.41, 5.74) is 8.01. The molecule has 3 N–H and O–H groups in total. The number of allylic oxidation sites excluding steroid dienone is 2. The van der Waals surface area contributed by atoms with Crippen molar-refractivity contribution < 1.29 is 18.7 Å². The zero-order chi connectivity index (χ0) is 29.4. The molecule has 6 rings (SSSR count). The number of rotatable bonds is 4. The van der Waals surface area contributed by atoms with Gasteiger partial charge in [0, 0.05) is 23.4 Å². The van der Waals surface area contributed by atoms with Crippen LogP contribution in [0.4, 0.5) is 8.78 Å². The van der Waals surface area contributed by atoms with Gasteiger partial charge in [0.25, 0.3) is 5.56 Å². The quantitative estimate of drug-likeness (QED) is 0.380. The van der Waals surface area contributed by atoms with Crippen LogP contribution in [0.1, 0.15) is 60.2 Å². The van der Waals surface area contributed by atoms with Gasteiger partial charge in [-0.2, -0.15) is 0 Å². The summed E-state index contributed by atoms with van der Waals surface area (Å²) >= 11 is 0. The molecule has 2 aromatic carbocycles. The Labute approximate surface area is 234 Å². The zero-order valence-electron chi connectivity index (χ0n) is 22.9. The maximum absolute atomic E-state index is 16.1. The van der Waals surface area contributed by atoms with Gasteiger partial charge < -0.3 is 10.8 Å². The van der Waals surface area contributed by atoms with Crippen molar-refractivity contribution in [2.24, 2.45) is 11.7 Å². The Morgan fingerprint density at radius 1 is 1.07 bits per heavy atom. The van der Waals surface area contributed by atoms with E-state index >= 15 is 4.39 Å². The van der Waals surface area contributed by atoms with Crippen molar-refractivity contribution in [3.8, 4) is 16.8 Å². The van der Waals surface area contributed by atoms with Crippen LogP contribution in [0.25, 0.3) is 27.9 Å². The van der Waals surface area contributed by atoms with E-state index in [2.05, 4.69) is 0 Å². The predicted octanol–water partition coefficient (Wildman–Crippen LogP) is 4.68. The SMILES string of the molecule is Cc1c(-c2c(F)cc(C(N)=O)c3c2C2=C(C3)C[C@@H](C(C)(C)O)CC2)cccc1-n1c(=O)cc2c(F)cccn2c1=O. The van der Waals surface area contributed by atoms with E-state index in [0.717, 1.165) is 32.2 Å². The lowest BCUT2D eigenvalue weighted by molar-refractivity contribution is 0.0123. The molecule has 0 aliphatic heterocycles. The molecular formula is C32H29F2N3O4. The Hall–Kier alpha value is -4.37. The van der Waals surface area contributed by atoms with E-state index in [-0.39, 0.29) is 28.2 Å². The van der Waals surface area contributed by atoms with Gasteiger partial charge in [0.15, 0.2) is 0 Å². The minimum atomic E-state index is -0.886. The van der Waals surface area contributed by atoms with Gasteiger partial charge in [-0.25, -0.2) is 18.1 Å². The molecule has 1 amide bonds. The number of fused-ring (bicyclic) bond motifs is 3. The summed E-state index contributed by atoms with van der Waals surface area (Å²) < 4.78 is 32.4. The van der Waals surface area contributed by atoms with Crippen molar-refractivity contribution in [3.05, 3.63) is 109 Å². The largest absolute Gasteiger partial charge is 0.390 e. The van der Waals surface area contributed by atoms with Crippen LogP contribution >= 0.6 is 0 Å². The fourth-order valence-corrected chi connectivity index (χ4v) is 6.55. The molecule has 0 spiro atoms. The number of nitrogens with two attached hydrogens (primary N) is 1. The maximum Gasteiger partial charge on any atom is 0.340 e. The van der Waals surface area contributed by atoms with E-state index in [0.29, 0.717) is 47.9 Å². The van der Waals surface area contributed by atoms with Crippen LogP contribution in [0.3, 0.4) is 0 Å². The molecule has 210 valence electrons. The van der Waals surface area contributed by atoms with Crippen LogP contribution in [0.5, 0.6) is 0 Å². The molecule has 1 atom stereocenters. The third-order valence-electron chi connectivity index (χ3n) is 8.68. The van der Waals surface area contributed by atoms with Crippen molar-refractivity contribution in [2.75, 3.05) is 0 Å². The third-order valence-corrected chi connectivity index (χ3v) is 8.68. The molecule has 41 heavy (non-hydrogen) atoms. The molecule has 2 aliphatic rings. The van der Waals surface area contributed by atoms with Gasteiger partial charge in [0.1, 0.15) is 11.6 Å². The first-order valence-corrected chi connectivity index (χ1v) is 13.5. The predicted molar refractivity (Wildman–Crippen MR) is 152 cm³/mol. The van der Waals surface area contributed by atoms with Crippen LogP contribution in [0.15, 0.2) is 63.8 Å². The van der Waals surface area contributed by atoms with Gasteiger partial charge in [0.2, 0.25) is 5.91 Å². The molecule has 0 saturated heterocycles. The number of halogens is 2. The highest BCUT2D eigenvalue weighted by atomic mass is 19.1. The van der Waals surface area contributed by atoms with Gasteiger partial charge in [0.05, 0.1) is 16.8 Å². The topological polar surface area (TPSA) is 107 Å². The summed E-state index contributed by atoms with van der Waals surface area (Å²) in [4.78, 5) is 38.9.